The molecule has 1 rings (SSSR count). The lowest BCUT2D eigenvalue weighted by Gasteiger charge is -2.48. The van der Waals surface area contributed by atoms with Crippen molar-refractivity contribution in [2.75, 3.05) is 26.7 Å². The Morgan fingerprint density at radius 3 is 2.17 bits per heavy atom. The standard InChI is InChI=1S/C10H22N2/c1-9(2)6-12(7-9)8-10(3,4)11-5/h11H,6-8H2,1-5H3. The molecular formula is C10H22N2. The van der Waals surface area contributed by atoms with E-state index >= 15 is 0 Å². The number of likely N-dealkylation sites (N-methyl/N-ethyl adjacent to an activating group) is 1. The predicted octanol–water partition coefficient (Wildman–Crippen LogP) is 1.33. The van der Waals surface area contributed by atoms with Gasteiger partial charge in [-0.25, -0.2) is 0 Å². The maximum Gasteiger partial charge on any atom is 0.0249 e. The van der Waals surface area contributed by atoms with Gasteiger partial charge in [-0.3, -0.25) is 0 Å². The molecule has 1 fully saturated rings. The second kappa shape index (κ2) is 3.00. The van der Waals surface area contributed by atoms with Crippen LogP contribution in [0, 0.1) is 5.41 Å². The molecule has 0 radical (unpaired) electrons. The second-order valence-electron chi connectivity index (χ2n) is 5.44. The SMILES string of the molecule is CNC(C)(C)CN1CC(C)(C)C1. The van der Waals surface area contributed by atoms with Gasteiger partial charge in [-0.05, 0) is 26.3 Å². The molecule has 0 aromatic carbocycles. The minimum Gasteiger partial charge on any atom is -0.314 e. The third-order valence-electron chi connectivity index (χ3n) is 2.60. The summed E-state index contributed by atoms with van der Waals surface area (Å²) in [6.07, 6.45) is 0. The smallest absolute Gasteiger partial charge is 0.0249 e. The average molecular weight is 170 g/mol. The van der Waals surface area contributed by atoms with Crippen molar-refractivity contribution in [1.29, 1.82) is 0 Å². The maximum absolute atomic E-state index is 3.33. The van der Waals surface area contributed by atoms with Gasteiger partial charge in [0.25, 0.3) is 0 Å². The summed E-state index contributed by atoms with van der Waals surface area (Å²) in [6.45, 7) is 12.8. The van der Waals surface area contributed by atoms with E-state index in [1.54, 1.807) is 0 Å². The highest BCUT2D eigenvalue weighted by Crippen LogP contribution is 2.29. The van der Waals surface area contributed by atoms with Gasteiger partial charge in [0.05, 0.1) is 0 Å². The molecule has 0 bridgehead atoms. The van der Waals surface area contributed by atoms with E-state index < -0.39 is 0 Å². The van der Waals surface area contributed by atoms with Crippen LogP contribution in [0.15, 0.2) is 0 Å². The molecule has 1 aliphatic rings. The summed E-state index contributed by atoms with van der Waals surface area (Å²) in [5, 5.41) is 3.33. The van der Waals surface area contributed by atoms with Gasteiger partial charge in [0.1, 0.15) is 0 Å². The van der Waals surface area contributed by atoms with E-state index in [0.29, 0.717) is 5.41 Å². The second-order valence-corrected chi connectivity index (χ2v) is 5.44. The Morgan fingerprint density at radius 1 is 1.33 bits per heavy atom. The molecule has 0 unspecified atom stereocenters. The van der Waals surface area contributed by atoms with E-state index in [9.17, 15) is 0 Å². The fourth-order valence-corrected chi connectivity index (χ4v) is 1.91. The molecule has 0 atom stereocenters. The van der Waals surface area contributed by atoms with Crippen molar-refractivity contribution in [3.05, 3.63) is 0 Å². The zero-order valence-corrected chi connectivity index (χ0v) is 9.07. The zero-order valence-electron chi connectivity index (χ0n) is 9.07. The van der Waals surface area contributed by atoms with Crippen LogP contribution in [0.2, 0.25) is 0 Å². The highest BCUT2D eigenvalue weighted by atomic mass is 15.2. The van der Waals surface area contributed by atoms with Crippen molar-refractivity contribution in [3.63, 3.8) is 0 Å². The summed E-state index contributed by atoms with van der Waals surface area (Å²) < 4.78 is 0. The largest absolute Gasteiger partial charge is 0.314 e. The maximum atomic E-state index is 3.33. The first kappa shape index (κ1) is 10.0. The van der Waals surface area contributed by atoms with E-state index in [0.717, 1.165) is 6.54 Å². The lowest BCUT2D eigenvalue weighted by Crippen LogP contribution is -2.59. The van der Waals surface area contributed by atoms with Crippen molar-refractivity contribution >= 4 is 0 Å². The zero-order chi connectivity index (χ0) is 9.41. The van der Waals surface area contributed by atoms with Crippen LogP contribution >= 0.6 is 0 Å². The summed E-state index contributed by atoms with van der Waals surface area (Å²) in [6, 6.07) is 0. The monoisotopic (exact) mass is 170 g/mol. The molecule has 0 aromatic heterocycles. The van der Waals surface area contributed by atoms with Gasteiger partial charge in [-0.15, -0.1) is 0 Å². The lowest BCUT2D eigenvalue weighted by molar-refractivity contribution is 0.0133. The summed E-state index contributed by atoms with van der Waals surface area (Å²) in [5.41, 5.74) is 0.820. The molecule has 0 spiro atoms. The highest BCUT2D eigenvalue weighted by Gasteiger charge is 2.36. The minimum absolute atomic E-state index is 0.260. The quantitative estimate of drug-likeness (QED) is 0.687. The molecule has 0 amide bonds. The molecule has 0 aliphatic carbocycles. The lowest BCUT2D eigenvalue weighted by atomic mass is 9.83. The first-order chi connectivity index (χ1) is 5.35. The van der Waals surface area contributed by atoms with Crippen LogP contribution in [-0.2, 0) is 0 Å². The fraction of sp³-hybridized carbons (Fsp3) is 1.00. The van der Waals surface area contributed by atoms with Crippen molar-refractivity contribution in [1.82, 2.24) is 10.2 Å². The van der Waals surface area contributed by atoms with Crippen LogP contribution in [0.5, 0.6) is 0 Å². The third-order valence-corrected chi connectivity index (χ3v) is 2.60. The normalized spacial score (nSPS) is 23.8. The Kier molecular flexibility index (Phi) is 2.50. The molecule has 1 N–H and O–H groups in total. The highest BCUT2D eigenvalue weighted by molar-refractivity contribution is 4.92. The summed E-state index contributed by atoms with van der Waals surface area (Å²) in [7, 11) is 2.03. The van der Waals surface area contributed by atoms with E-state index in [-0.39, 0.29) is 5.54 Å². The predicted molar refractivity (Wildman–Crippen MR) is 53.4 cm³/mol. The molecule has 2 nitrogen and oxygen atoms in total. The Hall–Kier alpha value is -0.0800. The average Bonchev–Trinajstić information content (AvgIpc) is 1.83. The van der Waals surface area contributed by atoms with Gasteiger partial charge in [0.15, 0.2) is 0 Å². The van der Waals surface area contributed by atoms with Crippen molar-refractivity contribution < 1.29 is 0 Å². The molecule has 72 valence electrons. The minimum atomic E-state index is 0.260. The van der Waals surface area contributed by atoms with Gasteiger partial charge in [-0.2, -0.15) is 0 Å². The molecule has 0 saturated carbocycles. The van der Waals surface area contributed by atoms with Crippen molar-refractivity contribution in [2.45, 2.75) is 33.2 Å². The number of nitrogens with zero attached hydrogens (tertiary/aromatic N) is 1. The number of nitrogens with one attached hydrogen (secondary N) is 1. The van der Waals surface area contributed by atoms with Gasteiger partial charge in [-0.1, -0.05) is 13.8 Å². The van der Waals surface area contributed by atoms with E-state index in [2.05, 4.69) is 37.9 Å². The molecule has 1 aliphatic heterocycles. The molecular weight excluding hydrogens is 148 g/mol. The first-order valence-electron chi connectivity index (χ1n) is 4.76. The van der Waals surface area contributed by atoms with Crippen LogP contribution in [0.25, 0.3) is 0 Å². The van der Waals surface area contributed by atoms with E-state index in [4.69, 9.17) is 0 Å². The molecule has 2 heteroatoms. The summed E-state index contributed by atoms with van der Waals surface area (Å²) in [5.74, 6) is 0. The van der Waals surface area contributed by atoms with Gasteiger partial charge in [0, 0.05) is 25.2 Å². The van der Waals surface area contributed by atoms with Crippen LogP contribution in [0.3, 0.4) is 0 Å². The topological polar surface area (TPSA) is 15.3 Å². The number of hydrogen-bond donors (Lipinski definition) is 1. The number of rotatable bonds is 3. The summed E-state index contributed by atoms with van der Waals surface area (Å²) >= 11 is 0. The fourth-order valence-electron chi connectivity index (χ4n) is 1.91. The number of hydrogen-bond acceptors (Lipinski definition) is 2. The van der Waals surface area contributed by atoms with Crippen LogP contribution in [-0.4, -0.2) is 37.1 Å². The van der Waals surface area contributed by atoms with Crippen LogP contribution < -0.4 is 5.32 Å². The van der Waals surface area contributed by atoms with Gasteiger partial charge >= 0.3 is 0 Å². The van der Waals surface area contributed by atoms with Gasteiger partial charge in [0.2, 0.25) is 0 Å². The van der Waals surface area contributed by atoms with Gasteiger partial charge < -0.3 is 10.2 Å². The Morgan fingerprint density at radius 2 is 1.83 bits per heavy atom. The first-order valence-corrected chi connectivity index (χ1v) is 4.76. The Bertz CT molecular complexity index is 153. The number of likely N-dealkylation sites (tertiary alicyclic amines) is 1. The third kappa shape index (κ3) is 2.46. The van der Waals surface area contributed by atoms with Crippen LogP contribution in [0.4, 0.5) is 0 Å². The van der Waals surface area contributed by atoms with Crippen molar-refractivity contribution in [2.24, 2.45) is 5.41 Å². The molecule has 1 heterocycles. The Labute approximate surface area is 76.3 Å². The van der Waals surface area contributed by atoms with E-state index in [1.807, 2.05) is 7.05 Å². The van der Waals surface area contributed by atoms with Crippen molar-refractivity contribution in [3.8, 4) is 0 Å². The summed E-state index contributed by atoms with van der Waals surface area (Å²) in [4.78, 5) is 2.51. The molecule has 0 aromatic rings. The molecule has 1 saturated heterocycles. The molecule has 12 heavy (non-hydrogen) atoms. The Balaban J connectivity index is 2.27. The van der Waals surface area contributed by atoms with Crippen LogP contribution in [0.1, 0.15) is 27.7 Å². The van der Waals surface area contributed by atoms with E-state index in [1.165, 1.54) is 13.1 Å².